The van der Waals surface area contributed by atoms with Gasteiger partial charge in [0.15, 0.2) is 0 Å². The average molecular weight is 206 g/mol. The van der Waals surface area contributed by atoms with E-state index in [0.717, 1.165) is 19.3 Å². The molecule has 0 bridgehead atoms. The van der Waals surface area contributed by atoms with E-state index < -0.39 is 16.5 Å². The van der Waals surface area contributed by atoms with Crippen LogP contribution in [0.4, 0.5) is 0 Å². The van der Waals surface area contributed by atoms with Crippen molar-refractivity contribution in [3.63, 3.8) is 0 Å². The first-order valence-corrected chi connectivity index (χ1v) is 5.48. The van der Waals surface area contributed by atoms with Crippen LogP contribution in [0.2, 0.25) is 0 Å². The van der Waals surface area contributed by atoms with E-state index >= 15 is 0 Å². The van der Waals surface area contributed by atoms with Crippen LogP contribution in [0.3, 0.4) is 0 Å². The molecular formula is C8H14O4S. The Hall–Kier alpha value is -0.570. The van der Waals surface area contributed by atoms with Crippen LogP contribution in [0.25, 0.3) is 0 Å². The van der Waals surface area contributed by atoms with Gasteiger partial charge in [0.1, 0.15) is 6.10 Å². The molecule has 0 amide bonds. The predicted molar refractivity (Wildman–Crippen MR) is 49.4 cm³/mol. The van der Waals surface area contributed by atoms with Gasteiger partial charge in [-0.15, -0.1) is 6.42 Å². The molecule has 0 saturated carbocycles. The molecule has 0 heterocycles. The molecule has 13 heavy (non-hydrogen) atoms. The van der Waals surface area contributed by atoms with Gasteiger partial charge < -0.3 is 0 Å². The largest absolute Gasteiger partial charge is 0.398 e. The van der Waals surface area contributed by atoms with Gasteiger partial charge in [0.25, 0.3) is 0 Å². The van der Waals surface area contributed by atoms with Gasteiger partial charge in [-0.05, 0) is 12.8 Å². The summed E-state index contributed by atoms with van der Waals surface area (Å²) in [5.41, 5.74) is 0. The van der Waals surface area contributed by atoms with Gasteiger partial charge >= 0.3 is 10.4 Å². The number of hydrogen-bond donors (Lipinski definition) is 1. The summed E-state index contributed by atoms with van der Waals surface area (Å²) in [5.74, 6) is 2.16. The maximum Gasteiger partial charge on any atom is 0.398 e. The van der Waals surface area contributed by atoms with Crippen LogP contribution in [0.15, 0.2) is 0 Å². The van der Waals surface area contributed by atoms with Crippen LogP contribution >= 0.6 is 0 Å². The van der Waals surface area contributed by atoms with Crippen molar-refractivity contribution in [1.82, 2.24) is 0 Å². The summed E-state index contributed by atoms with van der Waals surface area (Å²) >= 11 is 0. The van der Waals surface area contributed by atoms with Crippen molar-refractivity contribution >= 4 is 10.4 Å². The lowest BCUT2D eigenvalue weighted by Gasteiger charge is -2.07. The zero-order valence-electron chi connectivity index (χ0n) is 7.56. The van der Waals surface area contributed by atoms with E-state index in [-0.39, 0.29) is 0 Å². The average Bonchev–Trinajstić information content (AvgIpc) is 2.01. The smallest absolute Gasteiger partial charge is 0.263 e. The second-order valence-corrected chi connectivity index (χ2v) is 3.72. The normalized spacial score (nSPS) is 13.6. The van der Waals surface area contributed by atoms with Gasteiger partial charge in [0, 0.05) is 0 Å². The highest BCUT2D eigenvalue weighted by atomic mass is 32.3. The first-order valence-electron chi connectivity index (χ1n) is 4.11. The molecule has 0 fully saturated rings. The van der Waals surface area contributed by atoms with Crippen LogP contribution in [0.1, 0.15) is 32.6 Å². The third kappa shape index (κ3) is 7.78. The van der Waals surface area contributed by atoms with E-state index in [1.807, 2.05) is 6.92 Å². The lowest BCUT2D eigenvalue weighted by molar-refractivity contribution is 0.215. The summed E-state index contributed by atoms with van der Waals surface area (Å²) in [6, 6.07) is 0. The molecule has 1 atom stereocenters. The van der Waals surface area contributed by atoms with E-state index in [9.17, 15) is 8.42 Å². The van der Waals surface area contributed by atoms with E-state index in [1.54, 1.807) is 0 Å². The molecule has 0 saturated heterocycles. The number of hydrogen-bond acceptors (Lipinski definition) is 3. The fraction of sp³-hybridized carbons (Fsp3) is 0.750. The van der Waals surface area contributed by atoms with Crippen molar-refractivity contribution in [2.45, 2.75) is 38.7 Å². The van der Waals surface area contributed by atoms with Crippen molar-refractivity contribution in [3.05, 3.63) is 0 Å². The SMILES string of the molecule is C#C[C@@H](CCCCC)OS(=O)(=O)O. The molecule has 0 aliphatic rings. The van der Waals surface area contributed by atoms with Gasteiger partial charge in [-0.2, -0.15) is 8.42 Å². The minimum atomic E-state index is -4.42. The summed E-state index contributed by atoms with van der Waals surface area (Å²) in [7, 11) is -4.42. The number of terminal acetylenes is 1. The Morgan fingerprint density at radius 3 is 2.54 bits per heavy atom. The Labute approximate surface area is 79.2 Å². The Morgan fingerprint density at radius 1 is 1.54 bits per heavy atom. The zero-order chi connectivity index (χ0) is 10.3. The quantitative estimate of drug-likeness (QED) is 0.405. The van der Waals surface area contributed by atoms with Gasteiger partial charge in [-0.25, -0.2) is 4.18 Å². The van der Waals surface area contributed by atoms with Gasteiger partial charge in [-0.3, -0.25) is 4.55 Å². The van der Waals surface area contributed by atoms with Crippen LogP contribution in [-0.4, -0.2) is 19.1 Å². The molecule has 0 aromatic carbocycles. The molecule has 0 rings (SSSR count). The molecule has 0 aliphatic carbocycles. The molecule has 0 aromatic rings. The molecule has 0 aromatic heterocycles. The standard InChI is InChI=1S/C8H14O4S/c1-3-5-6-7-8(4-2)12-13(9,10)11/h2,8H,3,5-7H2,1H3,(H,9,10,11)/t8-/m0/s1. The van der Waals surface area contributed by atoms with Crippen LogP contribution in [0, 0.1) is 12.3 Å². The predicted octanol–water partition coefficient (Wildman–Crippen LogP) is 1.39. The third-order valence-electron chi connectivity index (χ3n) is 1.49. The Morgan fingerprint density at radius 2 is 2.15 bits per heavy atom. The minimum absolute atomic E-state index is 0.449. The lowest BCUT2D eigenvalue weighted by atomic mass is 10.1. The van der Waals surface area contributed by atoms with Gasteiger partial charge in [0.2, 0.25) is 0 Å². The topological polar surface area (TPSA) is 63.6 Å². The van der Waals surface area contributed by atoms with E-state index in [1.165, 1.54) is 0 Å². The Kier molecular flexibility index (Phi) is 5.71. The van der Waals surface area contributed by atoms with Gasteiger partial charge in [0.05, 0.1) is 0 Å². The summed E-state index contributed by atoms with van der Waals surface area (Å²) in [6.07, 6.45) is 7.39. The number of unbranched alkanes of at least 4 members (excludes halogenated alkanes) is 2. The second kappa shape index (κ2) is 5.97. The van der Waals surface area contributed by atoms with Crippen LogP contribution in [0.5, 0.6) is 0 Å². The highest BCUT2D eigenvalue weighted by molar-refractivity contribution is 7.80. The monoisotopic (exact) mass is 206 g/mol. The molecule has 76 valence electrons. The summed E-state index contributed by atoms with van der Waals surface area (Å²) in [4.78, 5) is 0. The van der Waals surface area contributed by atoms with E-state index in [0.29, 0.717) is 6.42 Å². The summed E-state index contributed by atoms with van der Waals surface area (Å²) in [5, 5.41) is 0. The van der Waals surface area contributed by atoms with Crippen LogP contribution < -0.4 is 0 Å². The Balaban J connectivity index is 3.86. The van der Waals surface area contributed by atoms with Crippen molar-refractivity contribution in [1.29, 1.82) is 0 Å². The van der Waals surface area contributed by atoms with E-state index in [2.05, 4.69) is 10.1 Å². The maximum atomic E-state index is 10.3. The van der Waals surface area contributed by atoms with Crippen molar-refractivity contribution in [3.8, 4) is 12.3 Å². The maximum absolute atomic E-state index is 10.3. The molecule has 4 nitrogen and oxygen atoms in total. The molecule has 0 spiro atoms. The van der Waals surface area contributed by atoms with E-state index in [4.69, 9.17) is 11.0 Å². The molecular weight excluding hydrogens is 192 g/mol. The fourth-order valence-electron chi connectivity index (χ4n) is 0.886. The first kappa shape index (κ1) is 12.4. The molecule has 5 heteroatoms. The lowest BCUT2D eigenvalue weighted by Crippen LogP contribution is -2.15. The molecule has 1 N–H and O–H groups in total. The summed E-state index contributed by atoms with van der Waals surface area (Å²) < 4.78 is 33.1. The first-order chi connectivity index (χ1) is 5.99. The molecule has 0 radical (unpaired) electrons. The third-order valence-corrected chi connectivity index (χ3v) is 1.97. The Bertz CT molecular complexity index is 262. The van der Waals surface area contributed by atoms with Crippen LogP contribution in [-0.2, 0) is 14.6 Å². The fourth-order valence-corrected chi connectivity index (χ4v) is 1.33. The minimum Gasteiger partial charge on any atom is -0.263 e. The second-order valence-electron chi connectivity index (χ2n) is 2.68. The molecule has 0 aliphatic heterocycles. The summed E-state index contributed by atoms with van der Waals surface area (Å²) in [6.45, 7) is 2.02. The molecule has 0 unspecified atom stereocenters. The number of rotatable bonds is 6. The van der Waals surface area contributed by atoms with Crippen molar-refractivity contribution in [2.24, 2.45) is 0 Å². The van der Waals surface area contributed by atoms with Gasteiger partial charge in [-0.1, -0.05) is 25.7 Å². The van der Waals surface area contributed by atoms with Crippen molar-refractivity contribution < 1.29 is 17.2 Å². The highest BCUT2D eigenvalue weighted by Gasteiger charge is 2.13. The zero-order valence-corrected chi connectivity index (χ0v) is 8.38. The highest BCUT2D eigenvalue weighted by Crippen LogP contribution is 2.07. The van der Waals surface area contributed by atoms with Crippen molar-refractivity contribution in [2.75, 3.05) is 0 Å².